The number of halogens is 1. The molecule has 28 heavy (non-hydrogen) atoms. The molecule has 0 spiro atoms. The summed E-state index contributed by atoms with van der Waals surface area (Å²) in [6.45, 7) is 2.51. The molecule has 0 aliphatic rings. The largest absolute Gasteiger partial charge is 0.383 e. The van der Waals surface area contributed by atoms with E-state index in [0.29, 0.717) is 18.8 Å². The third-order valence-corrected chi connectivity index (χ3v) is 5.66. The van der Waals surface area contributed by atoms with Gasteiger partial charge in [0.1, 0.15) is 5.75 Å². The minimum Gasteiger partial charge on any atom is -0.383 e. The zero-order chi connectivity index (χ0) is 20.6. The monoisotopic (exact) mass is 470 g/mol. The number of ether oxygens (including phenoxy) is 1. The van der Waals surface area contributed by atoms with Crippen LogP contribution in [0.2, 0.25) is 0 Å². The zero-order valence-corrected chi connectivity index (χ0v) is 18.1. The second kappa shape index (κ2) is 10.4. The lowest BCUT2D eigenvalue weighted by Gasteiger charge is -2.23. The summed E-state index contributed by atoms with van der Waals surface area (Å²) in [6.07, 6.45) is 0. The summed E-state index contributed by atoms with van der Waals surface area (Å²) in [5.74, 6) is 0.100. The number of hydrogen-bond acceptors (Lipinski definition) is 5. The highest BCUT2D eigenvalue weighted by Gasteiger charge is 2.16. The van der Waals surface area contributed by atoms with Crippen LogP contribution in [0.3, 0.4) is 0 Å². The van der Waals surface area contributed by atoms with Crippen LogP contribution in [0.4, 0.5) is 10.5 Å². The predicted octanol–water partition coefficient (Wildman–Crippen LogP) is 3.86. The summed E-state index contributed by atoms with van der Waals surface area (Å²) in [5, 5.41) is 2.86. The molecule has 0 unspecified atom stereocenters. The smallest absolute Gasteiger partial charge is 0.322 e. The summed E-state index contributed by atoms with van der Waals surface area (Å²) in [6, 6.07) is 13.7. The number of methoxy groups -OCH3 is 1. The van der Waals surface area contributed by atoms with Gasteiger partial charge in [-0.3, -0.25) is 0 Å². The van der Waals surface area contributed by atoms with Crippen LogP contribution in [0.15, 0.2) is 53.0 Å². The molecular weight excluding hydrogens is 448 g/mol. The minimum atomic E-state index is -3.61. The number of carbonyl (C=O) groups is 1. The fourth-order valence-electron chi connectivity index (χ4n) is 2.33. The van der Waals surface area contributed by atoms with Crippen LogP contribution >= 0.6 is 15.9 Å². The van der Waals surface area contributed by atoms with E-state index in [1.807, 2.05) is 18.2 Å². The van der Waals surface area contributed by atoms with E-state index in [2.05, 4.69) is 21.2 Å². The summed E-state index contributed by atoms with van der Waals surface area (Å²) in [7, 11) is -2.05. The van der Waals surface area contributed by atoms with Gasteiger partial charge in [-0.05, 0) is 52.7 Å². The number of nitrogens with zero attached hydrogens (tertiary/aromatic N) is 1. The lowest BCUT2D eigenvalue weighted by atomic mass is 10.2. The Morgan fingerprint density at radius 3 is 2.61 bits per heavy atom. The number of urea groups is 1. The molecule has 0 fully saturated rings. The molecule has 0 aliphatic heterocycles. The maximum Gasteiger partial charge on any atom is 0.322 e. The minimum absolute atomic E-state index is 0.119. The van der Waals surface area contributed by atoms with Gasteiger partial charge in [0.15, 0.2) is 0 Å². The van der Waals surface area contributed by atoms with Crippen molar-refractivity contribution in [2.75, 3.05) is 31.3 Å². The number of amides is 2. The molecule has 1 N–H and O–H groups in total. The topological polar surface area (TPSA) is 84.9 Å². The molecule has 0 saturated heterocycles. The van der Waals surface area contributed by atoms with Crippen molar-refractivity contribution in [1.82, 2.24) is 4.90 Å². The zero-order valence-electron chi connectivity index (χ0n) is 15.7. The molecule has 2 rings (SSSR count). The standard InChI is InChI=1S/C19H23BrN2O5S/c1-3-28(24,25)27-16-8-6-7-15(13-16)14-22(11-12-26-2)19(23)21-18-10-5-4-9-17(18)20/h4-10,13H,3,11-12,14H2,1-2H3,(H,21,23). The first kappa shape index (κ1) is 22.2. The molecule has 9 heteroatoms. The van der Waals surface area contributed by atoms with Crippen LogP contribution in [0.25, 0.3) is 0 Å². The van der Waals surface area contributed by atoms with Crippen LogP contribution in [0.1, 0.15) is 12.5 Å². The van der Waals surface area contributed by atoms with Crippen molar-refractivity contribution in [1.29, 1.82) is 0 Å². The van der Waals surface area contributed by atoms with E-state index in [0.717, 1.165) is 10.0 Å². The number of para-hydroxylation sites is 1. The van der Waals surface area contributed by atoms with Gasteiger partial charge in [0.05, 0.1) is 18.0 Å². The molecule has 0 aliphatic carbocycles. The Kier molecular flexibility index (Phi) is 8.28. The molecule has 7 nitrogen and oxygen atoms in total. The van der Waals surface area contributed by atoms with E-state index in [1.165, 1.54) is 6.92 Å². The van der Waals surface area contributed by atoms with E-state index in [9.17, 15) is 13.2 Å². The van der Waals surface area contributed by atoms with E-state index < -0.39 is 10.1 Å². The van der Waals surface area contributed by atoms with Crippen LogP contribution in [-0.2, 0) is 21.4 Å². The highest BCUT2D eigenvalue weighted by atomic mass is 79.9. The normalized spacial score (nSPS) is 11.1. The van der Waals surface area contributed by atoms with Gasteiger partial charge in [-0.1, -0.05) is 24.3 Å². The molecule has 0 radical (unpaired) electrons. The Morgan fingerprint density at radius 1 is 1.18 bits per heavy atom. The van der Waals surface area contributed by atoms with Gasteiger partial charge in [-0.25, -0.2) is 4.79 Å². The number of anilines is 1. The molecular formula is C19H23BrN2O5S. The van der Waals surface area contributed by atoms with Crippen molar-refractivity contribution in [3.05, 3.63) is 58.6 Å². The Labute approximate surface area is 173 Å². The Morgan fingerprint density at radius 2 is 1.93 bits per heavy atom. The number of carbonyl (C=O) groups excluding carboxylic acids is 1. The third-order valence-electron chi connectivity index (χ3n) is 3.82. The van der Waals surface area contributed by atoms with Crippen LogP contribution in [0.5, 0.6) is 5.75 Å². The summed E-state index contributed by atoms with van der Waals surface area (Å²) >= 11 is 3.41. The first-order valence-electron chi connectivity index (χ1n) is 8.65. The van der Waals surface area contributed by atoms with Crippen LogP contribution < -0.4 is 9.50 Å². The maximum absolute atomic E-state index is 12.7. The second-order valence-electron chi connectivity index (χ2n) is 5.90. The SMILES string of the molecule is CCS(=O)(=O)Oc1cccc(CN(CCOC)C(=O)Nc2ccccc2Br)c1. The lowest BCUT2D eigenvalue weighted by molar-refractivity contribution is 0.153. The highest BCUT2D eigenvalue weighted by Crippen LogP contribution is 2.22. The maximum atomic E-state index is 12.7. The van der Waals surface area contributed by atoms with Gasteiger partial charge in [-0.2, -0.15) is 8.42 Å². The summed E-state index contributed by atoms with van der Waals surface area (Å²) < 4.78 is 34.3. The quantitative estimate of drug-likeness (QED) is 0.562. The summed E-state index contributed by atoms with van der Waals surface area (Å²) in [5.41, 5.74) is 1.39. The average molecular weight is 471 g/mol. The summed E-state index contributed by atoms with van der Waals surface area (Å²) in [4.78, 5) is 14.3. The molecule has 0 bridgehead atoms. The van der Waals surface area contributed by atoms with Gasteiger partial charge < -0.3 is 19.1 Å². The van der Waals surface area contributed by atoms with E-state index in [-0.39, 0.29) is 24.1 Å². The highest BCUT2D eigenvalue weighted by molar-refractivity contribution is 9.10. The van der Waals surface area contributed by atoms with Gasteiger partial charge >= 0.3 is 16.1 Å². The third kappa shape index (κ3) is 6.81. The van der Waals surface area contributed by atoms with Gasteiger partial charge in [-0.15, -0.1) is 0 Å². The molecule has 2 aromatic rings. The van der Waals surface area contributed by atoms with Gasteiger partial charge in [0.2, 0.25) is 0 Å². The Hall–Kier alpha value is -2.10. The van der Waals surface area contributed by atoms with E-state index in [4.69, 9.17) is 8.92 Å². The van der Waals surface area contributed by atoms with Crippen molar-refractivity contribution in [2.24, 2.45) is 0 Å². The van der Waals surface area contributed by atoms with Crippen molar-refractivity contribution in [3.8, 4) is 5.75 Å². The number of benzene rings is 2. The molecule has 0 atom stereocenters. The van der Waals surface area contributed by atoms with Crippen molar-refractivity contribution in [2.45, 2.75) is 13.5 Å². The van der Waals surface area contributed by atoms with Crippen LogP contribution in [-0.4, -0.2) is 45.4 Å². The van der Waals surface area contributed by atoms with Gasteiger partial charge in [0.25, 0.3) is 0 Å². The van der Waals surface area contributed by atoms with Crippen molar-refractivity contribution in [3.63, 3.8) is 0 Å². The molecule has 0 saturated carbocycles. The van der Waals surface area contributed by atoms with E-state index >= 15 is 0 Å². The predicted molar refractivity (Wildman–Crippen MR) is 112 cm³/mol. The molecule has 152 valence electrons. The Balaban J connectivity index is 2.15. The van der Waals surface area contributed by atoms with Crippen molar-refractivity contribution < 1.29 is 22.1 Å². The fraction of sp³-hybridized carbons (Fsp3) is 0.316. The van der Waals surface area contributed by atoms with Gasteiger partial charge in [0, 0.05) is 24.7 Å². The molecule has 0 aromatic heterocycles. The second-order valence-corrected chi connectivity index (χ2v) is 8.62. The molecule has 2 amide bonds. The molecule has 0 heterocycles. The Bertz CT molecular complexity index is 905. The number of nitrogens with one attached hydrogen (secondary N) is 1. The first-order chi connectivity index (χ1) is 13.3. The fourth-order valence-corrected chi connectivity index (χ4v) is 3.23. The number of hydrogen-bond donors (Lipinski definition) is 1. The van der Waals surface area contributed by atoms with Crippen molar-refractivity contribution >= 4 is 37.8 Å². The molecule has 2 aromatic carbocycles. The van der Waals surface area contributed by atoms with Crippen LogP contribution in [0, 0.1) is 0 Å². The first-order valence-corrected chi connectivity index (χ1v) is 11.0. The lowest BCUT2D eigenvalue weighted by Crippen LogP contribution is -2.36. The number of rotatable bonds is 9. The average Bonchev–Trinajstić information content (AvgIpc) is 2.67. The van der Waals surface area contributed by atoms with E-state index in [1.54, 1.807) is 42.3 Å².